The highest BCUT2D eigenvalue weighted by molar-refractivity contribution is 7.22. The average molecular weight is 420 g/mol. The number of hydrogen-bond donors (Lipinski definition) is 2. The molecule has 0 aromatic carbocycles. The molecule has 2 amide bonds. The SMILES string of the molecule is O=C(Nc1nc2nccc([C@H]3CC[C@H](NC(=O)C4CC4(F)F)CC3)c2s1)C1CC1. The van der Waals surface area contributed by atoms with Gasteiger partial charge in [-0.25, -0.2) is 13.8 Å². The summed E-state index contributed by atoms with van der Waals surface area (Å²) in [7, 11) is 0. The molecule has 154 valence electrons. The molecule has 0 radical (unpaired) electrons. The fourth-order valence-electron chi connectivity index (χ4n) is 4.13. The van der Waals surface area contributed by atoms with Crippen molar-refractivity contribution in [2.75, 3.05) is 5.32 Å². The van der Waals surface area contributed by atoms with Crippen molar-refractivity contribution in [3.05, 3.63) is 17.8 Å². The minimum Gasteiger partial charge on any atom is -0.353 e. The van der Waals surface area contributed by atoms with E-state index < -0.39 is 17.7 Å². The number of rotatable bonds is 5. The molecule has 0 spiro atoms. The number of alkyl halides is 2. The maximum Gasteiger partial charge on any atom is 0.260 e. The minimum absolute atomic E-state index is 0.0306. The van der Waals surface area contributed by atoms with Crippen molar-refractivity contribution in [1.29, 1.82) is 0 Å². The Balaban J connectivity index is 1.24. The molecule has 2 aromatic rings. The first-order chi connectivity index (χ1) is 13.9. The summed E-state index contributed by atoms with van der Waals surface area (Å²) in [4.78, 5) is 32.7. The number of halogens is 2. The Morgan fingerprint density at radius 3 is 2.48 bits per heavy atom. The Labute approximate surface area is 170 Å². The lowest BCUT2D eigenvalue weighted by atomic mass is 9.82. The lowest BCUT2D eigenvalue weighted by Crippen LogP contribution is -2.39. The monoisotopic (exact) mass is 420 g/mol. The Morgan fingerprint density at radius 1 is 1.10 bits per heavy atom. The van der Waals surface area contributed by atoms with E-state index in [1.165, 1.54) is 11.3 Å². The van der Waals surface area contributed by atoms with Crippen LogP contribution in [-0.4, -0.2) is 33.7 Å². The molecule has 9 heteroatoms. The molecule has 3 aliphatic rings. The summed E-state index contributed by atoms with van der Waals surface area (Å²) < 4.78 is 27.1. The topological polar surface area (TPSA) is 84.0 Å². The zero-order valence-corrected chi connectivity index (χ0v) is 16.6. The third kappa shape index (κ3) is 3.84. The van der Waals surface area contributed by atoms with Gasteiger partial charge in [0.2, 0.25) is 11.8 Å². The zero-order valence-electron chi connectivity index (χ0n) is 15.8. The van der Waals surface area contributed by atoms with Crippen molar-refractivity contribution in [2.24, 2.45) is 11.8 Å². The van der Waals surface area contributed by atoms with Crippen LogP contribution in [-0.2, 0) is 9.59 Å². The molecule has 2 heterocycles. The van der Waals surface area contributed by atoms with Crippen molar-refractivity contribution < 1.29 is 18.4 Å². The number of nitrogens with zero attached hydrogens (tertiary/aromatic N) is 2. The second-order valence-electron chi connectivity index (χ2n) is 8.41. The number of thiazole rings is 1. The van der Waals surface area contributed by atoms with Gasteiger partial charge in [-0.1, -0.05) is 11.3 Å². The van der Waals surface area contributed by atoms with Gasteiger partial charge in [-0.2, -0.15) is 4.98 Å². The highest BCUT2D eigenvalue weighted by Gasteiger charge is 2.61. The third-order valence-electron chi connectivity index (χ3n) is 6.16. The molecule has 5 rings (SSSR count). The second-order valence-corrected chi connectivity index (χ2v) is 9.41. The Hall–Kier alpha value is -2.16. The average Bonchev–Trinajstić information content (AvgIpc) is 3.59. The standard InChI is InChI=1S/C20H22F2N4O2S/c21-20(22)9-14(20)18(28)24-12-5-3-10(4-6-12)13-7-8-23-16-15(13)29-19(25-16)26-17(27)11-1-2-11/h7-8,10-12,14H,1-6,9H2,(H,24,28)(H,23,25,26,27)/t10-,12-,14?. The van der Waals surface area contributed by atoms with Crippen LogP contribution in [0.2, 0.25) is 0 Å². The first kappa shape index (κ1) is 18.8. The van der Waals surface area contributed by atoms with Crippen LogP contribution in [0.25, 0.3) is 10.3 Å². The summed E-state index contributed by atoms with van der Waals surface area (Å²) >= 11 is 1.46. The highest BCUT2D eigenvalue weighted by atomic mass is 32.1. The van der Waals surface area contributed by atoms with Crippen molar-refractivity contribution in [3.63, 3.8) is 0 Å². The zero-order chi connectivity index (χ0) is 20.2. The van der Waals surface area contributed by atoms with Crippen molar-refractivity contribution in [1.82, 2.24) is 15.3 Å². The van der Waals surface area contributed by atoms with Gasteiger partial charge in [0, 0.05) is 24.6 Å². The van der Waals surface area contributed by atoms with E-state index in [0.29, 0.717) is 16.7 Å². The molecule has 0 saturated heterocycles. The van der Waals surface area contributed by atoms with Crippen molar-refractivity contribution >= 4 is 38.6 Å². The van der Waals surface area contributed by atoms with Crippen LogP contribution in [0.3, 0.4) is 0 Å². The lowest BCUT2D eigenvalue weighted by Gasteiger charge is -2.29. The van der Waals surface area contributed by atoms with Crippen LogP contribution >= 0.6 is 11.3 Å². The molecule has 3 saturated carbocycles. The number of anilines is 1. The van der Waals surface area contributed by atoms with Crippen LogP contribution in [0, 0.1) is 11.8 Å². The molecular weight excluding hydrogens is 398 g/mol. The largest absolute Gasteiger partial charge is 0.353 e. The maximum absolute atomic E-state index is 13.1. The third-order valence-corrected chi connectivity index (χ3v) is 7.17. The Morgan fingerprint density at radius 2 is 1.83 bits per heavy atom. The number of pyridine rings is 1. The first-order valence-corrected chi connectivity index (χ1v) is 11.0. The van der Waals surface area contributed by atoms with E-state index >= 15 is 0 Å². The lowest BCUT2D eigenvalue weighted by molar-refractivity contribution is -0.125. The highest BCUT2D eigenvalue weighted by Crippen LogP contribution is 2.49. The van der Waals surface area contributed by atoms with Gasteiger partial charge < -0.3 is 10.6 Å². The van der Waals surface area contributed by atoms with E-state index in [2.05, 4.69) is 20.6 Å². The van der Waals surface area contributed by atoms with E-state index in [-0.39, 0.29) is 24.3 Å². The summed E-state index contributed by atoms with van der Waals surface area (Å²) in [6, 6.07) is 1.96. The summed E-state index contributed by atoms with van der Waals surface area (Å²) in [6.07, 6.45) is 6.57. The second kappa shape index (κ2) is 6.97. The summed E-state index contributed by atoms with van der Waals surface area (Å²) in [5.74, 6) is -4.00. The Bertz CT molecular complexity index is 967. The van der Waals surface area contributed by atoms with Crippen LogP contribution in [0.15, 0.2) is 12.3 Å². The molecule has 2 N–H and O–H groups in total. The van der Waals surface area contributed by atoms with Gasteiger partial charge in [0.1, 0.15) is 5.92 Å². The summed E-state index contributed by atoms with van der Waals surface area (Å²) in [6.45, 7) is 0. The number of carbonyl (C=O) groups is 2. The molecular formula is C20H22F2N4O2S. The summed E-state index contributed by atoms with van der Waals surface area (Å²) in [5, 5.41) is 6.28. The molecule has 6 nitrogen and oxygen atoms in total. The van der Waals surface area contributed by atoms with Gasteiger partial charge in [0.05, 0.1) is 4.70 Å². The number of hydrogen-bond acceptors (Lipinski definition) is 5. The fourth-order valence-corrected chi connectivity index (χ4v) is 5.15. The number of aromatic nitrogens is 2. The molecule has 1 atom stereocenters. The minimum atomic E-state index is -2.82. The van der Waals surface area contributed by atoms with Gasteiger partial charge in [-0.3, -0.25) is 9.59 Å². The van der Waals surface area contributed by atoms with Crippen LogP contribution < -0.4 is 10.6 Å². The number of carbonyl (C=O) groups excluding carboxylic acids is 2. The number of nitrogens with one attached hydrogen (secondary N) is 2. The Kier molecular flexibility index (Phi) is 4.53. The van der Waals surface area contributed by atoms with Gasteiger partial charge in [0.25, 0.3) is 5.92 Å². The van der Waals surface area contributed by atoms with E-state index in [4.69, 9.17) is 0 Å². The molecule has 0 bridgehead atoms. The molecule has 29 heavy (non-hydrogen) atoms. The molecule has 2 aromatic heterocycles. The predicted octanol–water partition coefficient (Wildman–Crippen LogP) is 3.84. The smallest absolute Gasteiger partial charge is 0.260 e. The molecule has 3 aliphatic carbocycles. The predicted molar refractivity (Wildman–Crippen MR) is 105 cm³/mol. The molecule has 1 unspecified atom stereocenters. The van der Waals surface area contributed by atoms with Gasteiger partial charge in [-0.15, -0.1) is 0 Å². The van der Waals surface area contributed by atoms with Gasteiger partial charge >= 0.3 is 0 Å². The quantitative estimate of drug-likeness (QED) is 0.770. The molecule has 0 aliphatic heterocycles. The van der Waals surface area contributed by atoms with E-state index in [0.717, 1.165) is 48.8 Å². The number of amides is 2. The van der Waals surface area contributed by atoms with Crippen LogP contribution in [0.4, 0.5) is 13.9 Å². The van der Waals surface area contributed by atoms with E-state index in [1.54, 1.807) is 6.20 Å². The first-order valence-electron chi connectivity index (χ1n) is 10.2. The van der Waals surface area contributed by atoms with Gasteiger partial charge in [0.15, 0.2) is 10.8 Å². The van der Waals surface area contributed by atoms with Crippen LogP contribution in [0.1, 0.15) is 56.4 Å². The molecule has 3 fully saturated rings. The number of fused-ring (bicyclic) bond motifs is 1. The van der Waals surface area contributed by atoms with Gasteiger partial charge in [-0.05, 0) is 56.1 Å². The maximum atomic E-state index is 13.1. The fraction of sp³-hybridized carbons (Fsp3) is 0.600. The van der Waals surface area contributed by atoms with E-state index in [9.17, 15) is 18.4 Å². The summed E-state index contributed by atoms with van der Waals surface area (Å²) in [5.41, 5.74) is 1.81. The van der Waals surface area contributed by atoms with Crippen LogP contribution in [0.5, 0.6) is 0 Å². The van der Waals surface area contributed by atoms with Crippen molar-refractivity contribution in [3.8, 4) is 0 Å². The van der Waals surface area contributed by atoms with E-state index in [1.807, 2.05) is 6.07 Å². The normalized spacial score (nSPS) is 28.1. The van der Waals surface area contributed by atoms with Crippen molar-refractivity contribution in [2.45, 2.75) is 62.8 Å².